The van der Waals surface area contributed by atoms with Crippen LogP contribution >= 0.6 is 11.3 Å². The van der Waals surface area contributed by atoms with Crippen LogP contribution in [0.5, 0.6) is 0 Å². The van der Waals surface area contributed by atoms with Crippen LogP contribution in [0, 0.1) is 5.92 Å². The van der Waals surface area contributed by atoms with E-state index in [4.69, 9.17) is 5.73 Å². The highest BCUT2D eigenvalue weighted by atomic mass is 32.1. The Morgan fingerprint density at radius 2 is 2.33 bits per heavy atom. The number of anilines is 1. The zero-order valence-electron chi connectivity index (χ0n) is 10.7. The highest BCUT2D eigenvalue weighted by Crippen LogP contribution is 2.23. The number of thiazole rings is 1. The zero-order chi connectivity index (χ0) is 13.0. The normalized spacial score (nSPS) is 17.8. The summed E-state index contributed by atoms with van der Waals surface area (Å²) < 4.78 is 0. The molecule has 1 saturated heterocycles. The molecule has 1 aliphatic rings. The molecule has 0 bridgehead atoms. The fourth-order valence-electron chi connectivity index (χ4n) is 2.33. The summed E-state index contributed by atoms with van der Waals surface area (Å²) in [6, 6.07) is 0. The molecule has 0 atom stereocenters. The molecule has 0 unspecified atom stereocenters. The molecule has 0 aliphatic carbocycles. The maximum absolute atomic E-state index is 11.3. The summed E-state index contributed by atoms with van der Waals surface area (Å²) in [6.07, 6.45) is 4.72. The van der Waals surface area contributed by atoms with Gasteiger partial charge in [0.1, 0.15) is 0 Å². The number of hydrogen-bond donors (Lipinski definition) is 2. The van der Waals surface area contributed by atoms with Crippen LogP contribution in [-0.4, -0.2) is 35.9 Å². The molecule has 2 heterocycles. The maximum Gasteiger partial charge on any atom is 0.220 e. The summed E-state index contributed by atoms with van der Waals surface area (Å²) in [5.74, 6) is 0.691. The molecule has 1 fully saturated rings. The first-order chi connectivity index (χ1) is 8.67. The van der Waals surface area contributed by atoms with Gasteiger partial charge in [0.15, 0.2) is 5.13 Å². The van der Waals surface area contributed by atoms with Gasteiger partial charge in [-0.3, -0.25) is 9.69 Å². The van der Waals surface area contributed by atoms with Gasteiger partial charge in [0.2, 0.25) is 5.91 Å². The van der Waals surface area contributed by atoms with Gasteiger partial charge in [0.25, 0.3) is 0 Å². The third kappa shape index (κ3) is 3.68. The summed E-state index contributed by atoms with van der Waals surface area (Å²) >= 11 is 1.56. The van der Waals surface area contributed by atoms with Crippen LogP contribution in [0.3, 0.4) is 0 Å². The van der Waals surface area contributed by atoms with E-state index in [0.717, 1.165) is 32.5 Å². The van der Waals surface area contributed by atoms with Crippen molar-refractivity contribution in [3.05, 3.63) is 11.1 Å². The fourth-order valence-corrected chi connectivity index (χ4v) is 3.06. The Kier molecular flexibility index (Phi) is 4.54. The smallest absolute Gasteiger partial charge is 0.220 e. The van der Waals surface area contributed by atoms with Gasteiger partial charge in [-0.25, -0.2) is 4.98 Å². The van der Waals surface area contributed by atoms with Crippen LogP contribution in [-0.2, 0) is 11.3 Å². The number of nitrogen functional groups attached to an aromatic ring is 1. The van der Waals surface area contributed by atoms with Gasteiger partial charge in [-0.1, -0.05) is 0 Å². The zero-order valence-corrected chi connectivity index (χ0v) is 11.5. The number of carbonyl (C=O) groups is 1. The summed E-state index contributed by atoms with van der Waals surface area (Å²) in [5, 5.41) is 3.33. The first kappa shape index (κ1) is 13.3. The molecule has 18 heavy (non-hydrogen) atoms. The van der Waals surface area contributed by atoms with Crippen molar-refractivity contribution in [2.24, 2.45) is 5.92 Å². The average molecular weight is 268 g/mol. The molecule has 1 aromatic rings. The molecule has 100 valence electrons. The predicted octanol–water partition coefficient (Wildman–Crippen LogP) is 1.07. The topological polar surface area (TPSA) is 71.2 Å². The van der Waals surface area contributed by atoms with Gasteiger partial charge >= 0.3 is 0 Å². The van der Waals surface area contributed by atoms with E-state index in [9.17, 15) is 4.79 Å². The third-order valence-electron chi connectivity index (χ3n) is 3.41. The standard InChI is InChI=1S/C12H20N4OS/c1-14-11(17)6-9-2-4-16(5-3-9)8-10-7-15-12(13)18-10/h7,9H,2-6,8H2,1H3,(H2,13,15)(H,14,17). The summed E-state index contributed by atoms with van der Waals surface area (Å²) in [4.78, 5) is 19.0. The van der Waals surface area contributed by atoms with Crippen LogP contribution in [0.4, 0.5) is 5.13 Å². The molecule has 1 aliphatic heterocycles. The van der Waals surface area contributed by atoms with Crippen LogP contribution in [0.2, 0.25) is 0 Å². The molecular formula is C12H20N4OS. The molecule has 2 rings (SSSR count). The van der Waals surface area contributed by atoms with Crippen molar-refractivity contribution in [2.45, 2.75) is 25.8 Å². The van der Waals surface area contributed by atoms with Crippen molar-refractivity contribution in [1.82, 2.24) is 15.2 Å². The summed E-state index contributed by atoms with van der Waals surface area (Å²) in [6.45, 7) is 3.04. The minimum atomic E-state index is 0.156. The van der Waals surface area contributed by atoms with Crippen LogP contribution in [0.1, 0.15) is 24.1 Å². The minimum Gasteiger partial charge on any atom is -0.375 e. The molecule has 3 N–H and O–H groups in total. The van der Waals surface area contributed by atoms with Crippen LogP contribution < -0.4 is 11.1 Å². The monoisotopic (exact) mass is 268 g/mol. The Balaban J connectivity index is 1.75. The second-order valence-corrected chi connectivity index (χ2v) is 5.91. The van der Waals surface area contributed by atoms with Gasteiger partial charge < -0.3 is 11.1 Å². The van der Waals surface area contributed by atoms with Crippen molar-refractivity contribution in [3.63, 3.8) is 0 Å². The number of carbonyl (C=O) groups excluding carboxylic acids is 1. The number of nitrogens with zero attached hydrogens (tertiary/aromatic N) is 2. The first-order valence-corrected chi connectivity index (χ1v) is 7.12. The van der Waals surface area contributed by atoms with E-state index in [0.29, 0.717) is 17.5 Å². The molecule has 0 saturated carbocycles. The summed E-state index contributed by atoms with van der Waals surface area (Å²) in [7, 11) is 1.70. The lowest BCUT2D eigenvalue weighted by atomic mass is 9.93. The van der Waals surface area contributed by atoms with Crippen molar-refractivity contribution >= 4 is 22.4 Å². The summed E-state index contributed by atoms with van der Waals surface area (Å²) in [5.41, 5.74) is 5.62. The number of hydrogen-bond acceptors (Lipinski definition) is 5. The molecular weight excluding hydrogens is 248 g/mol. The number of amides is 1. The molecule has 1 aromatic heterocycles. The van der Waals surface area contributed by atoms with E-state index in [1.165, 1.54) is 4.88 Å². The predicted molar refractivity (Wildman–Crippen MR) is 73.2 cm³/mol. The lowest BCUT2D eigenvalue weighted by Gasteiger charge is -2.31. The number of rotatable bonds is 4. The second-order valence-electron chi connectivity index (χ2n) is 4.76. The van der Waals surface area contributed by atoms with E-state index in [1.807, 2.05) is 6.20 Å². The van der Waals surface area contributed by atoms with Gasteiger partial charge in [0.05, 0.1) is 0 Å². The van der Waals surface area contributed by atoms with Crippen LogP contribution in [0.25, 0.3) is 0 Å². The van der Waals surface area contributed by atoms with E-state index >= 15 is 0 Å². The Morgan fingerprint density at radius 3 is 2.89 bits per heavy atom. The molecule has 1 amide bonds. The second kappa shape index (κ2) is 6.15. The third-order valence-corrected chi connectivity index (χ3v) is 4.22. The van der Waals surface area contributed by atoms with E-state index in [-0.39, 0.29) is 5.91 Å². The number of piperidine rings is 1. The SMILES string of the molecule is CNC(=O)CC1CCN(Cc2cnc(N)s2)CC1. The van der Waals surface area contributed by atoms with Gasteiger partial charge in [-0.15, -0.1) is 11.3 Å². The quantitative estimate of drug-likeness (QED) is 0.857. The fraction of sp³-hybridized carbons (Fsp3) is 0.667. The van der Waals surface area contributed by atoms with E-state index < -0.39 is 0 Å². The van der Waals surface area contributed by atoms with Crippen molar-refractivity contribution < 1.29 is 4.79 Å². The number of nitrogens with two attached hydrogens (primary N) is 1. The number of aromatic nitrogens is 1. The van der Waals surface area contributed by atoms with Crippen molar-refractivity contribution in [3.8, 4) is 0 Å². The average Bonchev–Trinajstić information content (AvgIpc) is 2.77. The molecule has 0 aromatic carbocycles. The van der Waals surface area contributed by atoms with E-state index in [1.54, 1.807) is 18.4 Å². The maximum atomic E-state index is 11.3. The van der Waals surface area contributed by atoms with Gasteiger partial charge in [-0.05, 0) is 31.8 Å². The minimum absolute atomic E-state index is 0.156. The Morgan fingerprint density at radius 1 is 1.61 bits per heavy atom. The van der Waals surface area contributed by atoms with Crippen molar-refractivity contribution in [2.75, 3.05) is 25.9 Å². The molecule has 0 radical (unpaired) electrons. The lowest BCUT2D eigenvalue weighted by molar-refractivity contribution is -0.121. The molecule has 0 spiro atoms. The molecule has 5 nitrogen and oxygen atoms in total. The van der Waals surface area contributed by atoms with Crippen LogP contribution in [0.15, 0.2) is 6.20 Å². The first-order valence-electron chi connectivity index (χ1n) is 6.30. The number of likely N-dealkylation sites (tertiary alicyclic amines) is 1. The Bertz CT molecular complexity index is 399. The Labute approximate surface area is 111 Å². The van der Waals surface area contributed by atoms with Gasteiger partial charge in [-0.2, -0.15) is 0 Å². The highest BCUT2D eigenvalue weighted by molar-refractivity contribution is 7.15. The van der Waals surface area contributed by atoms with Crippen molar-refractivity contribution in [1.29, 1.82) is 0 Å². The largest absolute Gasteiger partial charge is 0.375 e. The van der Waals surface area contributed by atoms with Gasteiger partial charge in [0, 0.05) is 31.1 Å². The Hall–Kier alpha value is -1.14. The number of nitrogens with one attached hydrogen (secondary N) is 1. The van der Waals surface area contributed by atoms with E-state index in [2.05, 4.69) is 15.2 Å². The highest BCUT2D eigenvalue weighted by Gasteiger charge is 2.21. The molecule has 6 heteroatoms. The lowest BCUT2D eigenvalue weighted by Crippen LogP contribution is -2.34.